The fraction of sp³-hybridized carbons (Fsp3) is 0.154. The van der Waals surface area contributed by atoms with E-state index in [4.69, 9.17) is 26.8 Å². The molecule has 0 atom stereocenters. The first kappa shape index (κ1) is 13.9. The third-order valence-corrected chi connectivity index (χ3v) is 4.15. The van der Waals surface area contributed by atoms with Crippen molar-refractivity contribution in [2.24, 2.45) is 0 Å². The van der Waals surface area contributed by atoms with Gasteiger partial charge in [-0.05, 0) is 35.5 Å². The number of ether oxygens (including phenoxy) is 2. The van der Waals surface area contributed by atoms with E-state index in [2.05, 4.69) is 0 Å². The van der Waals surface area contributed by atoms with Crippen molar-refractivity contribution in [1.29, 1.82) is 0 Å². The Bertz CT molecular complexity index is 685. The Morgan fingerprint density at radius 1 is 1.43 bits per heavy atom. The van der Waals surface area contributed by atoms with E-state index in [1.807, 2.05) is 0 Å². The lowest BCUT2D eigenvalue weighted by atomic mass is 10.1. The minimum atomic E-state index is -1.05. The maximum absolute atomic E-state index is 11.9. The fourth-order valence-electron chi connectivity index (χ4n) is 1.98. The van der Waals surface area contributed by atoms with Gasteiger partial charge in [0.25, 0.3) is 0 Å². The van der Waals surface area contributed by atoms with Crippen molar-refractivity contribution >= 4 is 45.5 Å². The molecule has 0 saturated carbocycles. The topological polar surface area (TPSA) is 76.1 Å². The number of rotatable bonds is 3. The van der Waals surface area contributed by atoms with Gasteiger partial charge in [-0.3, -0.25) is 9.59 Å². The Morgan fingerprint density at radius 3 is 2.95 bits per heavy atom. The highest BCUT2D eigenvalue weighted by molar-refractivity contribution is 8.33. The monoisotopic (exact) mass is 323 g/mol. The SMILES string of the molecule is O=C(O)CN1C(=S)SC(=O)C1=Cc1ccc2c(c1)OCO2. The molecule has 1 saturated heterocycles. The lowest BCUT2D eigenvalue weighted by Gasteiger charge is -2.14. The summed E-state index contributed by atoms with van der Waals surface area (Å²) in [5.74, 6) is 0.182. The van der Waals surface area contributed by atoms with Crippen LogP contribution in [0.15, 0.2) is 23.9 Å². The second-order valence-electron chi connectivity index (χ2n) is 4.28. The number of hydrogen-bond acceptors (Lipinski definition) is 6. The van der Waals surface area contributed by atoms with Gasteiger partial charge in [0.1, 0.15) is 10.9 Å². The molecule has 1 N–H and O–H groups in total. The van der Waals surface area contributed by atoms with Gasteiger partial charge in [-0.1, -0.05) is 18.3 Å². The molecular formula is C13H9NO5S2. The summed E-state index contributed by atoms with van der Waals surface area (Å²) in [5.41, 5.74) is 0.967. The Morgan fingerprint density at radius 2 is 2.19 bits per heavy atom. The van der Waals surface area contributed by atoms with Gasteiger partial charge in [0.05, 0.1) is 5.70 Å². The number of thiocarbonyl (C=S) groups is 1. The molecule has 8 heteroatoms. The second-order valence-corrected chi connectivity index (χ2v) is 5.88. The summed E-state index contributed by atoms with van der Waals surface area (Å²) < 4.78 is 10.7. The van der Waals surface area contributed by atoms with Crippen molar-refractivity contribution in [1.82, 2.24) is 4.90 Å². The zero-order valence-electron chi connectivity index (χ0n) is 10.6. The Balaban J connectivity index is 1.94. The van der Waals surface area contributed by atoms with Crippen LogP contribution in [0.3, 0.4) is 0 Å². The van der Waals surface area contributed by atoms with Crippen molar-refractivity contribution in [2.75, 3.05) is 13.3 Å². The summed E-state index contributed by atoms with van der Waals surface area (Å²) in [7, 11) is 0. The van der Waals surface area contributed by atoms with E-state index in [1.54, 1.807) is 24.3 Å². The molecule has 2 aliphatic heterocycles. The molecule has 3 rings (SSSR count). The fourth-order valence-corrected chi connectivity index (χ4v) is 3.07. The maximum atomic E-state index is 11.9. The molecule has 1 fully saturated rings. The van der Waals surface area contributed by atoms with Gasteiger partial charge in [-0.15, -0.1) is 0 Å². The molecule has 0 unspecified atom stereocenters. The summed E-state index contributed by atoms with van der Waals surface area (Å²) in [6.07, 6.45) is 1.60. The first-order chi connectivity index (χ1) is 10.0. The van der Waals surface area contributed by atoms with Crippen LogP contribution in [0.4, 0.5) is 0 Å². The molecular weight excluding hydrogens is 314 g/mol. The number of carboxylic acid groups (broad SMARTS) is 1. The third-order valence-electron chi connectivity index (χ3n) is 2.89. The highest BCUT2D eigenvalue weighted by atomic mass is 32.2. The average molecular weight is 323 g/mol. The van der Waals surface area contributed by atoms with Gasteiger partial charge in [-0.25, -0.2) is 0 Å². The van der Waals surface area contributed by atoms with E-state index in [0.29, 0.717) is 17.1 Å². The van der Waals surface area contributed by atoms with Gasteiger partial charge in [0, 0.05) is 0 Å². The summed E-state index contributed by atoms with van der Waals surface area (Å²) in [6.45, 7) is -0.173. The van der Waals surface area contributed by atoms with E-state index in [9.17, 15) is 9.59 Å². The molecule has 0 spiro atoms. The number of benzene rings is 1. The quantitative estimate of drug-likeness (QED) is 0.665. The number of hydrogen-bond donors (Lipinski definition) is 1. The van der Waals surface area contributed by atoms with Gasteiger partial charge in [0.15, 0.2) is 11.5 Å². The Kier molecular flexibility index (Phi) is 3.56. The average Bonchev–Trinajstić information content (AvgIpc) is 2.97. The van der Waals surface area contributed by atoms with Crippen LogP contribution >= 0.6 is 24.0 Å². The smallest absolute Gasteiger partial charge is 0.323 e. The summed E-state index contributed by atoms with van der Waals surface area (Å²) in [5, 5.41) is 8.64. The molecule has 21 heavy (non-hydrogen) atoms. The molecule has 1 aromatic carbocycles. The van der Waals surface area contributed by atoms with Crippen molar-refractivity contribution in [3.05, 3.63) is 29.5 Å². The number of thioether (sulfide) groups is 1. The predicted molar refractivity (Wildman–Crippen MR) is 80.1 cm³/mol. The summed E-state index contributed by atoms with van der Waals surface area (Å²) in [6, 6.07) is 5.23. The highest BCUT2D eigenvalue weighted by Crippen LogP contribution is 2.35. The molecule has 0 amide bonds. The zero-order valence-corrected chi connectivity index (χ0v) is 12.2. The molecule has 0 radical (unpaired) electrons. The summed E-state index contributed by atoms with van der Waals surface area (Å²) in [4.78, 5) is 24.1. The van der Waals surface area contributed by atoms with Crippen LogP contribution in [0.2, 0.25) is 0 Å². The minimum Gasteiger partial charge on any atom is -0.480 e. The lowest BCUT2D eigenvalue weighted by Crippen LogP contribution is -2.28. The molecule has 2 heterocycles. The van der Waals surface area contributed by atoms with Crippen molar-refractivity contribution in [2.45, 2.75) is 0 Å². The van der Waals surface area contributed by atoms with Gasteiger partial charge >= 0.3 is 5.97 Å². The molecule has 0 bridgehead atoms. The first-order valence-corrected chi connectivity index (χ1v) is 7.14. The number of nitrogens with zero attached hydrogens (tertiary/aromatic N) is 1. The van der Waals surface area contributed by atoms with Gasteiger partial charge < -0.3 is 19.5 Å². The van der Waals surface area contributed by atoms with E-state index >= 15 is 0 Å². The van der Waals surface area contributed by atoms with E-state index in [0.717, 1.165) is 11.8 Å². The Labute approximate surface area is 129 Å². The molecule has 108 valence electrons. The third kappa shape index (κ3) is 2.72. The number of aliphatic carboxylic acids is 1. The van der Waals surface area contributed by atoms with E-state index in [1.165, 1.54) is 4.90 Å². The Hall–Kier alpha value is -2.06. The molecule has 1 aromatic rings. The maximum Gasteiger partial charge on any atom is 0.323 e. The van der Waals surface area contributed by atoms with Crippen LogP contribution in [0.5, 0.6) is 11.5 Å². The highest BCUT2D eigenvalue weighted by Gasteiger charge is 2.33. The van der Waals surface area contributed by atoms with Crippen molar-refractivity contribution < 1.29 is 24.2 Å². The van der Waals surface area contributed by atoms with Crippen LogP contribution < -0.4 is 9.47 Å². The standard InChI is InChI=1S/C13H9NO5S2/c15-11(16)5-14-8(12(17)21-13(14)20)3-7-1-2-9-10(4-7)19-6-18-9/h1-4H,5-6H2,(H,15,16). The van der Waals surface area contributed by atoms with Crippen LogP contribution in [0.1, 0.15) is 5.56 Å². The van der Waals surface area contributed by atoms with Gasteiger partial charge in [-0.2, -0.15) is 0 Å². The minimum absolute atomic E-state index is 0.166. The van der Waals surface area contributed by atoms with Crippen LogP contribution in [-0.2, 0) is 9.59 Å². The normalized spacial score (nSPS) is 18.7. The van der Waals surface area contributed by atoms with Gasteiger partial charge in [0.2, 0.25) is 11.9 Å². The van der Waals surface area contributed by atoms with Crippen LogP contribution in [0, 0.1) is 0 Å². The lowest BCUT2D eigenvalue weighted by molar-refractivity contribution is -0.137. The van der Waals surface area contributed by atoms with Crippen LogP contribution in [0.25, 0.3) is 6.08 Å². The van der Waals surface area contributed by atoms with Crippen molar-refractivity contribution in [3.63, 3.8) is 0 Å². The second kappa shape index (κ2) is 5.38. The zero-order chi connectivity index (χ0) is 15.0. The molecule has 6 nitrogen and oxygen atoms in total. The molecule has 0 aromatic heterocycles. The number of carbonyl (C=O) groups excluding carboxylic acids is 1. The number of carboxylic acids is 1. The van der Waals surface area contributed by atoms with Crippen molar-refractivity contribution in [3.8, 4) is 11.5 Å². The number of fused-ring (bicyclic) bond motifs is 1. The molecule has 2 aliphatic rings. The summed E-state index contributed by atoms with van der Waals surface area (Å²) >= 11 is 5.88. The van der Waals surface area contributed by atoms with Crippen LogP contribution in [-0.4, -0.2) is 38.7 Å². The first-order valence-electron chi connectivity index (χ1n) is 5.91. The predicted octanol–water partition coefficient (Wildman–Crippen LogP) is 1.70. The largest absolute Gasteiger partial charge is 0.480 e. The number of carbonyl (C=O) groups is 2. The molecule has 0 aliphatic carbocycles. The van der Waals surface area contributed by atoms with E-state index < -0.39 is 5.97 Å². The van der Waals surface area contributed by atoms with E-state index in [-0.39, 0.29) is 28.5 Å².